The maximum atomic E-state index is 9.40. The van der Waals surface area contributed by atoms with E-state index in [1.807, 2.05) is 48.5 Å². The van der Waals surface area contributed by atoms with Crippen molar-refractivity contribution in [1.29, 1.82) is 0 Å². The van der Waals surface area contributed by atoms with Gasteiger partial charge in [0.1, 0.15) is 17.2 Å². The molecule has 0 atom stereocenters. The van der Waals surface area contributed by atoms with Crippen LogP contribution in [0.2, 0.25) is 0 Å². The molecule has 0 unspecified atom stereocenters. The number of nitrogens with zero attached hydrogens (tertiary/aromatic N) is 1. The predicted octanol–water partition coefficient (Wildman–Crippen LogP) is 5.27. The first kappa shape index (κ1) is 18.8. The van der Waals surface area contributed by atoms with Gasteiger partial charge in [-0.15, -0.1) is 0 Å². The van der Waals surface area contributed by atoms with Gasteiger partial charge < -0.3 is 14.7 Å². The molecule has 134 valence electrons. The van der Waals surface area contributed by atoms with Crippen LogP contribution in [0.3, 0.4) is 0 Å². The van der Waals surface area contributed by atoms with Gasteiger partial charge in [0, 0.05) is 11.1 Å². The van der Waals surface area contributed by atoms with Crippen molar-refractivity contribution in [2.75, 3.05) is 13.7 Å². The maximum Gasteiger partial charge on any atom is 0.119 e. The minimum absolute atomic E-state index is 0.522. The number of rotatable bonds is 10. The van der Waals surface area contributed by atoms with Gasteiger partial charge in [0.05, 0.1) is 13.7 Å². The molecule has 0 saturated carbocycles. The summed E-state index contributed by atoms with van der Waals surface area (Å²) in [5.74, 6) is 1.61. The molecule has 0 saturated heterocycles. The van der Waals surface area contributed by atoms with Gasteiger partial charge in [0.15, 0.2) is 0 Å². The summed E-state index contributed by atoms with van der Waals surface area (Å²) in [7, 11) is 1.62. The van der Waals surface area contributed by atoms with E-state index in [1.54, 1.807) is 7.11 Å². The molecule has 2 aromatic carbocycles. The highest BCUT2D eigenvalue weighted by atomic mass is 16.5. The van der Waals surface area contributed by atoms with Gasteiger partial charge in [-0.2, -0.15) is 0 Å². The molecule has 4 heteroatoms. The fourth-order valence-electron chi connectivity index (χ4n) is 2.64. The lowest BCUT2D eigenvalue weighted by Gasteiger charge is -2.09. The third kappa shape index (κ3) is 5.82. The van der Waals surface area contributed by atoms with Gasteiger partial charge in [-0.25, -0.2) is 0 Å². The molecule has 2 aromatic rings. The highest BCUT2D eigenvalue weighted by molar-refractivity contribution is 6.12. The standard InChI is InChI=1S/C21H27NO3/c1-3-4-5-6-7-16-25-20-14-10-18(11-15-20)21(22-23)17-8-12-19(24-2)13-9-17/h8-15,23H,3-7,16H2,1-2H3. The Morgan fingerprint density at radius 2 is 1.40 bits per heavy atom. The zero-order valence-electron chi connectivity index (χ0n) is 15.1. The summed E-state index contributed by atoms with van der Waals surface area (Å²) in [6.45, 7) is 2.95. The normalized spacial score (nSPS) is 11.4. The molecule has 4 nitrogen and oxygen atoms in total. The van der Waals surface area contributed by atoms with Crippen LogP contribution in [0.25, 0.3) is 0 Å². The van der Waals surface area contributed by atoms with E-state index in [-0.39, 0.29) is 0 Å². The Hall–Kier alpha value is -2.49. The second-order valence-electron chi connectivity index (χ2n) is 5.96. The van der Waals surface area contributed by atoms with Gasteiger partial charge in [-0.05, 0) is 55.0 Å². The molecule has 0 radical (unpaired) electrons. The van der Waals surface area contributed by atoms with Crippen LogP contribution in [0.5, 0.6) is 11.5 Å². The SMILES string of the molecule is CCCCCCCOc1ccc(C(=NO)c2ccc(OC)cc2)cc1. The predicted molar refractivity (Wildman–Crippen MR) is 101 cm³/mol. The molecule has 1 N–H and O–H groups in total. The van der Waals surface area contributed by atoms with Gasteiger partial charge in [0.25, 0.3) is 0 Å². The van der Waals surface area contributed by atoms with Crippen LogP contribution < -0.4 is 9.47 Å². The molecule has 2 rings (SSSR count). The quantitative estimate of drug-likeness (QED) is 0.277. The van der Waals surface area contributed by atoms with Crippen molar-refractivity contribution in [2.45, 2.75) is 39.0 Å². The van der Waals surface area contributed by atoms with E-state index in [2.05, 4.69) is 12.1 Å². The minimum Gasteiger partial charge on any atom is -0.497 e. The number of unbranched alkanes of at least 4 members (excludes halogenated alkanes) is 4. The topological polar surface area (TPSA) is 51.0 Å². The van der Waals surface area contributed by atoms with Crippen molar-refractivity contribution in [2.24, 2.45) is 5.16 Å². The number of hydrogen-bond acceptors (Lipinski definition) is 4. The fraction of sp³-hybridized carbons (Fsp3) is 0.381. The van der Waals surface area contributed by atoms with Crippen molar-refractivity contribution < 1.29 is 14.7 Å². The van der Waals surface area contributed by atoms with Crippen molar-refractivity contribution in [3.63, 3.8) is 0 Å². The summed E-state index contributed by atoms with van der Waals surface area (Å²) in [5.41, 5.74) is 2.18. The Morgan fingerprint density at radius 3 is 1.92 bits per heavy atom. The molecule has 0 fully saturated rings. The summed E-state index contributed by atoms with van der Waals surface area (Å²) in [6.07, 6.45) is 6.12. The van der Waals surface area contributed by atoms with Gasteiger partial charge >= 0.3 is 0 Å². The molecule has 0 bridgehead atoms. The second kappa shape index (κ2) is 10.4. The Labute approximate surface area is 150 Å². The van der Waals surface area contributed by atoms with Crippen LogP contribution >= 0.6 is 0 Å². The smallest absolute Gasteiger partial charge is 0.119 e. The van der Waals surface area contributed by atoms with Gasteiger partial charge in [0.2, 0.25) is 0 Å². The highest BCUT2D eigenvalue weighted by Crippen LogP contribution is 2.19. The van der Waals surface area contributed by atoms with Crippen molar-refractivity contribution in [3.8, 4) is 11.5 Å². The Kier molecular flexibility index (Phi) is 7.83. The molecule has 0 spiro atoms. The number of benzene rings is 2. The largest absolute Gasteiger partial charge is 0.497 e. The molecular formula is C21H27NO3. The van der Waals surface area contributed by atoms with E-state index in [0.717, 1.165) is 35.7 Å². The van der Waals surface area contributed by atoms with Crippen molar-refractivity contribution in [3.05, 3.63) is 59.7 Å². The lowest BCUT2D eigenvalue weighted by atomic mass is 10.0. The fourth-order valence-corrected chi connectivity index (χ4v) is 2.64. The maximum absolute atomic E-state index is 9.40. The van der Waals surface area contributed by atoms with Crippen molar-refractivity contribution in [1.82, 2.24) is 0 Å². The van der Waals surface area contributed by atoms with Gasteiger partial charge in [-0.3, -0.25) is 0 Å². The first-order valence-electron chi connectivity index (χ1n) is 8.88. The number of hydrogen-bond donors (Lipinski definition) is 1. The third-order valence-electron chi connectivity index (χ3n) is 4.11. The Balaban J connectivity index is 1.93. The van der Waals surface area contributed by atoms with Crippen LogP contribution in [-0.2, 0) is 0 Å². The highest BCUT2D eigenvalue weighted by Gasteiger charge is 2.08. The van der Waals surface area contributed by atoms with E-state index < -0.39 is 0 Å². The molecule has 25 heavy (non-hydrogen) atoms. The number of ether oxygens (including phenoxy) is 2. The molecule has 0 aliphatic rings. The summed E-state index contributed by atoms with van der Waals surface area (Å²) < 4.78 is 10.9. The molecule has 0 heterocycles. The lowest BCUT2D eigenvalue weighted by molar-refractivity contribution is 0.304. The lowest BCUT2D eigenvalue weighted by Crippen LogP contribution is -2.04. The summed E-state index contributed by atoms with van der Waals surface area (Å²) >= 11 is 0. The van der Waals surface area contributed by atoms with Crippen LogP contribution in [0, 0.1) is 0 Å². The van der Waals surface area contributed by atoms with Crippen LogP contribution in [0.15, 0.2) is 53.7 Å². The molecular weight excluding hydrogens is 314 g/mol. The third-order valence-corrected chi connectivity index (χ3v) is 4.11. The van der Waals surface area contributed by atoms with Crippen LogP contribution in [0.1, 0.15) is 50.2 Å². The second-order valence-corrected chi connectivity index (χ2v) is 5.96. The molecule has 0 amide bonds. The van der Waals surface area contributed by atoms with Crippen LogP contribution in [-0.4, -0.2) is 24.6 Å². The summed E-state index contributed by atoms with van der Waals surface area (Å²) in [5, 5.41) is 12.9. The van der Waals surface area contributed by atoms with Gasteiger partial charge in [-0.1, -0.05) is 37.8 Å². The zero-order chi connectivity index (χ0) is 17.9. The zero-order valence-corrected chi connectivity index (χ0v) is 15.1. The van der Waals surface area contributed by atoms with E-state index in [0.29, 0.717) is 5.71 Å². The Bertz CT molecular complexity index is 648. The van der Waals surface area contributed by atoms with E-state index >= 15 is 0 Å². The molecule has 0 aliphatic heterocycles. The number of oxime groups is 1. The Morgan fingerprint density at radius 1 is 0.840 bits per heavy atom. The van der Waals surface area contributed by atoms with E-state index in [1.165, 1.54) is 25.7 Å². The summed E-state index contributed by atoms with van der Waals surface area (Å²) in [4.78, 5) is 0. The van der Waals surface area contributed by atoms with Crippen molar-refractivity contribution >= 4 is 5.71 Å². The summed E-state index contributed by atoms with van der Waals surface area (Å²) in [6, 6.07) is 15.1. The minimum atomic E-state index is 0.522. The monoisotopic (exact) mass is 341 g/mol. The first-order valence-corrected chi connectivity index (χ1v) is 8.88. The molecule has 0 aliphatic carbocycles. The average Bonchev–Trinajstić information content (AvgIpc) is 2.67. The van der Waals surface area contributed by atoms with Crippen LogP contribution in [0.4, 0.5) is 0 Å². The first-order chi connectivity index (χ1) is 12.3. The van der Waals surface area contributed by atoms with E-state index in [4.69, 9.17) is 9.47 Å². The average molecular weight is 341 g/mol. The number of methoxy groups -OCH3 is 1. The molecule has 0 aromatic heterocycles. The van der Waals surface area contributed by atoms with E-state index in [9.17, 15) is 5.21 Å².